The summed E-state index contributed by atoms with van der Waals surface area (Å²) >= 11 is 5.96. The van der Waals surface area contributed by atoms with Crippen molar-refractivity contribution in [2.45, 2.75) is 6.92 Å². The van der Waals surface area contributed by atoms with E-state index in [1.165, 1.54) is 13.2 Å². The SMILES string of the molecule is COc1cc(Cl)c(C)cc1NC(=O)c1cc(F)ccc1F. The zero-order chi connectivity index (χ0) is 15.6. The predicted octanol–water partition coefficient (Wildman–Crippen LogP) is 4.19. The number of nitrogens with one attached hydrogen (secondary N) is 1. The molecule has 0 bridgehead atoms. The second-order valence-electron chi connectivity index (χ2n) is 4.38. The minimum atomic E-state index is -0.807. The standard InChI is InChI=1S/C15H12ClF2NO2/c1-8-5-13(14(21-2)7-11(8)16)19-15(20)10-6-9(17)3-4-12(10)18/h3-7H,1-2H3,(H,19,20). The van der Waals surface area contributed by atoms with Gasteiger partial charge in [0.1, 0.15) is 17.4 Å². The number of rotatable bonds is 3. The molecule has 0 spiro atoms. The number of ether oxygens (including phenoxy) is 1. The molecule has 0 aliphatic rings. The molecule has 0 atom stereocenters. The van der Waals surface area contributed by atoms with E-state index in [0.29, 0.717) is 22.0 Å². The Kier molecular flexibility index (Phi) is 4.43. The van der Waals surface area contributed by atoms with Crippen LogP contribution in [0, 0.1) is 18.6 Å². The minimum Gasteiger partial charge on any atom is -0.495 e. The average molecular weight is 312 g/mol. The summed E-state index contributed by atoms with van der Waals surface area (Å²) < 4.78 is 31.8. The summed E-state index contributed by atoms with van der Waals surface area (Å²) in [5.41, 5.74) is 0.658. The van der Waals surface area contributed by atoms with Crippen molar-refractivity contribution in [1.29, 1.82) is 0 Å². The van der Waals surface area contributed by atoms with Gasteiger partial charge in [-0.15, -0.1) is 0 Å². The van der Waals surface area contributed by atoms with Crippen molar-refractivity contribution < 1.29 is 18.3 Å². The van der Waals surface area contributed by atoms with Gasteiger partial charge in [0, 0.05) is 11.1 Å². The van der Waals surface area contributed by atoms with Gasteiger partial charge in [-0.05, 0) is 36.8 Å². The van der Waals surface area contributed by atoms with E-state index in [4.69, 9.17) is 16.3 Å². The molecule has 6 heteroatoms. The van der Waals surface area contributed by atoms with Gasteiger partial charge in [-0.2, -0.15) is 0 Å². The normalized spacial score (nSPS) is 10.3. The summed E-state index contributed by atoms with van der Waals surface area (Å²) in [7, 11) is 1.42. The van der Waals surface area contributed by atoms with Crippen molar-refractivity contribution in [3.05, 3.63) is 58.1 Å². The number of benzene rings is 2. The minimum absolute atomic E-state index is 0.327. The van der Waals surface area contributed by atoms with Gasteiger partial charge in [0.2, 0.25) is 0 Å². The Labute approximate surface area is 125 Å². The third kappa shape index (κ3) is 3.31. The summed E-state index contributed by atoms with van der Waals surface area (Å²) in [5, 5.41) is 2.96. The summed E-state index contributed by atoms with van der Waals surface area (Å²) in [6.07, 6.45) is 0. The maximum absolute atomic E-state index is 13.6. The molecule has 0 saturated heterocycles. The van der Waals surface area contributed by atoms with Gasteiger partial charge in [-0.3, -0.25) is 4.79 Å². The lowest BCUT2D eigenvalue weighted by molar-refractivity contribution is 0.102. The maximum atomic E-state index is 13.6. The molecule has 0 heterocycles. The molecule has 1 amide bonds. The highest BCUT2D eigenvalue weighted by Crippen LogP contribution is 2.31. The van der Waals surface area contributed by atoms with E-state index < -0.39 is 17.5 Å². The van der Waals surface area contributed by atoms with E-state index in [9.17, 15) is 13.6 Å². The highest BCUT2D eigenvalue weighted by Gasteiger charge is 2.16. The summed E-state index contributed by atoms with van der Waals surface area (Å²) in [6, 6.07) is 5.80. The Morgan fingerprint density at radius 2 is 1.95 bits per heavy atom. The first kappa shape index (κ1) is 15.3. The molecule has 110 valence electrons. The Morgan fingerprint density at radius 3 is 2.62 bits per heavy atom. The predicted molar refractivity (Wildman–Crippen MR) is 77.1 cm³/mol. The van der Waals surface area contributed by atoms with E-state index >= 15 is 0 Å². The van der Waals surface area contributed by atoms with Crippen molar-refractivity contribution in [2.24, 2.45) is 0 Å². The molecule has 21 heavy (non-hydrogen) atoms. The van der Waals surface area contributed by atoms with Crippen molar-refractivity contribution in [3.8, 4) is 5.75 Å². The quantitative estimate of drug-likeness (QED) is 0.923. The van der Waals surface area contributed by atoms with E-state index in [1.54, 1.807) is 13.0 Å². The maximum Gasteiger partial charge on any atom is 0.258 e. The molecule has 2 rings (SSSR count). The molecule has 0 aliphatic heterocycles. The van der Waals surface area contributed by atoms with Crippen LogP contribution < -0.4 is 10.1 Å². The van der Waals surface area contributed by atoms with Gasteiger partial charge in [0.05, 0.1) is 18.4 Å². The topological polar surface area (TPSA) is 38.3 Å². The number of anilines is 1. The fraction of sp³-hybridized carbons (Fsp3) is 0.133. The lowest BCUT2D eigenvalue weighted by Crippen LogP contribution is -2.15. The van der Waals surface area contributed by atoms with Crippen LogP contribution in [-0.2, 0) is 0 Å². The molecule has 0 fully saturated rings. The second kappa shape index (κ2) is 6.10. The fourth-order valence-electron chi connectivity index (χ4n) is 1.79. The molecular weight excluding hydrogens is 300 g/mol. The lowest BCUT2D eigenvalue weighted by Gasteiger charge is -2.12. The molecule has 0 aliphatic carbocycles. The van der Waals surface area contributed by atoms with Crippen LogP contribution in [0.2, 0.25) is 5.02 Å². The highest BCUT2D eigenvalue weighted by atomic mass is 35.5. The van der Waals surface area contributed by atoms with E-state index in [2.05, 4.69) is 5.32 Å². The van der Waals surface area contributed by atoms with E-state index in [1.807, 2.05) is 0 Å². The summed E-state index contributed by atoms with van der Waals surface area (Å²) in [5.74, 6) is -1.94. The smallest absolute Gasteiger partial charge is 0.258 e. The van der Waals surface area contributed by atoms with Gasteiger partial charge in [-0.1, -0.05) is 11.6 Å². The number of hydrogen-bond donors (Lipinski definition) is 1. The van der Waals surface area contributed by atoms with Gasteiger partial charge in [0.25, 0.3) is 5.91 Å². The number of carbonyl (C=O) groups excluding carboxylic acids is 1. The summed E-state index contributed by atoms with van der Waals surface area (Å²) in [6.45, 7) is 1.75. The van der Waals surface area contributed by atoms with Crippen LogP contribution in [0.25, 0.3) is 0 Å². The number of carbonyl (C=O) groups is 1. The van der Waals surface area contributed by atoms with Crippen molar-refractivity contribution in [3.63, 3.8) is 0 Å². The molecule has 3 nitrogen and oxygen atoms in total. The number of methoxy groups -OCH3 is 1. The number of halogens is 3. The molecule has 0 unspecified atom stereocenters. The number of amides is 1. The highest BCUT2D eigenvalue weighted by molar-refractivity contribution is 6.31. The zero-order valence-electron chi connectivity index (χ0n) is 11.3. The molecule has 0 saturated carbocycles. The molecule has 2 aromatic rings. The Morgan fingerprint density at radius 1 is 1.24 bits per heavy atom. The van der Waals surface area contributed by atoms with Gasteiger partial charge in [0.15, 0.2) is 0 Å². The van der Waals surface area contributed by atoms with Crippen molar-refractivity contribution in [1.82, 2.24) is 0 Å². The van der Waals surface area contributed by atoms with Crippen LogP contribution in [0.5, 0.6) is 5.75 Å². The van der Waals surface area contributed by atoms with Crippen molar-refractivity contribution >= 4 is 23.2 Å². The van der Waals surface area contributed by atoms with Gasteiger partial charge < -0.3 is 10.1 Å². The number of aryl methyl sites for hydroxylation is 1. The summed E-state index contributed by atoms with van der Waals surface area (Å²) in [4.78, 5) is 12.0. The van der Waals surface area contributed by atoms with Crippen LogP contribution in [-0.4, -0.2) is 13.0 Å². The third-order valence-electron chi connectivity index (χ3n) is 2.90. The van der Waals surface area contributed by atoms with E-state index in [-0.39, 0.29) is 5.56 Å². The lowest BCUT2D eigenvalue weighted by atomic mass is 10.1. The van der Waals surface area contributed by atoms with Crippen LogP contribution >= 0.6 is 11.6 Å². The molecular formula is C15H12ClF2NO2. The van der Waals surface area contributed by atoms with Crippen LogP contribution in [0.15, 0.2) is 30.3 Å². The third-order valence-corrected chi connectivity index (χ3v) is 3.31. The largest absolute Gasteiger partial charge is 0.495 e. The molecule has 0 radical (unpaired) electrons. The molecule has 2 aromatic carbocycles. The van der Waals surface area contributed by atoms with E-state index in [0.717, 1.165) is 18.2 Å². The Hall–Kier alpha value is -2.14. The van der Waals surface area contributed by atoms with Gasteiger partial charge in [-0.25, -0.2) is 8.78 Å². The average Bonchev–Trinajstić information content (AvgIpc) is 2.45. The monoisotopic (exact) mass is 311 g/mol. The van der Waals surface area contributed by atoms with Crippen LogP contribution in [0.3, 0.4) is 0 Å². The first-order chi connectivity index (χ1) is 9.92. The van der Waals surface area contributed by atoms with Crippen LogP contribution in [0.1, 0.15) is 15.9 Å². The Bertz CT molecular complexity index is 704. The number of hydrogen-bond acceptors (Lipinski definition) is 2. The first-order valence-electron chi connectivity index (χ1n) is 6.03. The fourth-order valence-corrected chi connectivity index (χ4v) is 1.94. The zero-order valence-corrected chi connectivity index (χ0v) is 12.1. The Balaban J connectivity index is 2.35. The van der Waals surface area contributed by atoms with Gasteiger partial charge >= 0.3 is 0 Å². The first-order valence-corrected chi connectivity index (χ1v) is 6.40. The molecule has 0 aromatic heterocycles. The van der Waals surface area contributed by atoms with Crippen LogP contribution in [0.4, 0.5) is 14.5 Å². The molecule has 1 N–H and O–H groups in total. The second-order valence-corrected chi connectivity index (χ2v) is 4.79. The van der Waals surface area contributed by atoms with Crippen molar-refractivity contribution in [2.75, 3.05) is 12.4 Å².